The SMILES string of the molecule is CCOC(=O)c1cnc(C(C)CC)[nH]c1=O. The van der Waals surface area contributed by atoms with E-state index < -0.39 is 11.5 Å². The van der Waals surface area contributed by atoms with Gasteiger partial charge in [0, 0.05) is 12.1 Å². The number of carbonyl (C=O) groups excluding carboxylic acids is 1. The highest BCUT2D eigenvalue weighted by Gasteiger charge is 2.14. The Bertz CT molecular complexity index is 425. The molecule has 0 saturated carbocycles. The van der Waals surface area contributed by atoms with Gasteiger partial charge in [-0.2, -0.15) is 0 Å². The van der Waals surface area contributed by atoms with Gasteiger partial charge in [-0.25, -0.2) is 9.78 Å². The molecule has 0 radical (unpaired) electrons. The third-order valence-corrected chi connectivity index (χ3v) is 2.39. The van der Waals surface area contributed by atoms with Crippen LogP contribution in [0.1, 0.15) is 49.3 Å². The molecule has 1 heterocycles. The molecule has 0 aliphatic heterocycles. The van der Waals surface area contributed by atoms with Crippen LogP contribution in [0.15, 0.2) is 11.0 Å². The van der Waals surface area contributed by atoms with Gasteiger partial charge in [0.25, 0.3) is 5.56 Å². The molecule has 0 bridgehead atoms. The van der Waals surface area contributed by atoms with Gasteiger partial charge in [0.05, 0.1) is 6.61 Å². The number of ether oxygens (including phenoxy) is 1. The van der Waals surface area contributed by atoms with Gasteiger partial charge in [0.2, 0.25) is 0 Å². The molecule has 1 N–H and O–H groups in total. The van der Waals surface area contributed by atoms with Crippen LogP contribution in [-0.4, -0.2) is 22.5 Å². The van der Waals surface area contributed by atoms with Gasteiger partial charge in [0.1, 0.15) is 11.4 Å². The molecule has 1 unspecified atom stereocenters. The van der Waals surface area contributed by atoms with Crippen molar-refractivity contribution in [3.8, 4) is 0 Å². The average Bonchev–Trinajstić information content (AvgIpc) is 2.28. The Labute approximate surface area is 93.9 Å². The van der Waals surface area contributed by atoms with Crippen molar-refractivity contribution in [2.45, 2.75) is 33.1 Å². The predicted octanol–water partition coefficient (Wildman–Crippen LogP) is 1.46. The van der Waals surface area contributed by atoms with Gasteiger partial charge in [-0.1, -0.05) is 13.8 Å². The third kappa shape index (κ3) is 2.68. The first-order chi connectivity index (χ1) is 7.60. The molecule has 0 spiro atoms. The zero-order valence-corrected chi connectivity index (χ0v) is 9.74. The van der Waals surface area contributed by atoms with Gasteiger partial charge >= 0.3 is 5.97 Å². The molecule has 0 fully saturated rings. The number of carbonyl (C=O) groups is 1. The van der Waals surface area contributed by atoms with E-state index in [2.05, 4.69) is 9.97 Å². The van der Waals surface area contributed by atoms with Crippen molar-refractivity contribution >= 4 is 5.97 Å². The average molecular weight is 224 g/mol. The van der Waals surface area contributed by atoms with E-state index >= 15 is 0 Å². The topological polar surface area (TPSA) is 72.0 Å². The maximum atomic E-state index is 11.6. The van der Waals surface area contributed by atoms with Crippen molar-refractivity contribution < 1.29 is 9.53 Å². The highest BCUT2D eigenvalue weighted by Crippen LogP contribution is 2.11. The summed E-state index contributed by atoms with van der Waals surface area (Å²) in [6, 6.07) is 0. The summed E-state index contributed by atoms with van der Waals surface area (Å²) in [5.74, 6) is 0.136. The molecule has 88 valence electrons. The van der Waals surface area contributed by atoms with Crippen molar-refractivity contribution in [1.29, 1.82) is 0 Å². The minimum absolute atomic E-state index is 0.0473. The van der Waals surface area contributed by atoms with Gasteiger partial charge in [-0.15, -0.1) is 0 Å². The number of H-pyrrole nitrogens is 1. The number of aromatic nitrogens is 2. The van der Waals surface area contributed by atoms with Crippen LogP contribution in [0, 0.1) is 0 Å². The monoisotopic (exact) mass is 224 g/mol. The molecule has 0 aliphatic rings. The zero-order chi connectivity index (χ0) is 12.1. The van der Waals surface area contributed by atoms with Crippen LogP contribution in [0.4, 0.5) is 0 Å². The van der Waals surface area contributed by atoms with E-state index in [1.807, 2.05) is 13.8 Å². The lowest BCUT2D eigenvalue weighted by Gasteiger charge is -2.07. The number of esters is 1. The molecule has 0 amide bonds. The van der Waals surface area contributed by atoms with Gasteiger partial charge in [-0.3, -0.25) is 4.79 Å². The molecule has 5 nitrogen and oxygen atoms in total. The number of aromatic amines is 1. The smallest absolute Gasteiger partial charge is 0.345 e. The molecule has 1 aromatic rings. The second kappa shape index (κ2) is 5.44. The fourth-order valence-corrected chi connectivity index (χ4v) is 1.21. The lowest BCUT2D eigenvalue weighted by Crippen LogP contribution is -2.22. The summed E-state index contributed by atoms with van der Waals surface area (Å²) in [7, 11) is 0. The van der Waals surface area contributed by atoms with E-state index in [0.717, 1.165) is 6.42 Å². The second-order valence-electron chi connectivity index (χ2n) is 3.54. The first-order valence-corrected chi connectivity index (χ1v) is 5.36. The molecular formula is C11H16N2O3. The second-order valence-corrected chi connectivity index (χ2v) is 3.54. The van der Waals surface area contributed by atoms with Crippen LogP contribution in [0.3, 0.4) is 0 Å². The third-order valence-electron chi connectivity index (χ3n) is 2.39. The molecule has 1 atom stereocenters. The van der Waals surface area contributed by atoms with E-state index in [1.165, 1.54) is 6.20 Å². The standard InChI is InChI=1S/C11H16N2O3/c1-4-7(3)9-12-6-8(10(14)13-9)11(15)16-5-2/h6-7H,4-5H2,1-3H3,(H,12,13,14). The van der Waals surface area contributed by atoms with Crippen molar-refractivity contribution in [3.63, 3.8) is 0 Å². The van der Waals surface area contributed by atoms with E-state index in [9.17, 15) is 9.59 Å². The summed E-state index contributed by atoms with van der Waals surface area (Å²) in [6.45, 7) is 5.89. The summed E-state index contributed by atoms with van der Waals surface area (Å²) in [5, 5.41) is 0. The highest BCUT2D eigenvalue weighted by molar-refractivity contribution is 5.88. The van der Waals surface area contributed by atoms with Crippen LogP contribution in [-0.2, 0) is 4.74 Å². The quantitative estimate of drug-likeness (QED) is 0.786. The predicted molar refractivity (Wildman–Crippen MR) is 59.5 cm³/mol. The molecule has 0 aliphatic carbocycles. The summed E-state index contributed by atoms with van der Waals surface area (Å²) >= 11 is 0. The molecule has 1 aromatic heterocycles. The first kappa shape index (κ1) is 12.4. The fraction of sp³-hybridized carbons (Fsp3) is 0.545. The lowest BCUT2D eigenvalue weighted by atomic mass is 10.1. The number of nitrogens with zero attached hydrogens (tertiary/aromatic N) is 1. The Hall–Kier alpha value is -1.65. The van der Waals surface area contributed by atoms with Crippen LogP contribution in [0.25, 0.3) is 0 Å². The normalized spacial score (nSPS) is 12.2. The molecule has 5 heteroatoms. The minimum atomic E-state index is -0.632. The number of hydrogen-bond donors (Lipinski definition) is 1. The van der Waals surface area contributed by atoms with Crippen LogP contribution >= 0.6 is 0 Å². The fourth-order valence-electron chi connectivity index (χ4n) is 1.21. The molecular weight excluding hydrogens is 208 g/mol. The largest absolute Gasteiger partial charge is 0.462 e. The zero-order valence-electron chi connectivity index (χ0n) is 9.74. The van der Waals surface area contributed by atoms with Gasteiger partial charge in [0.15, 0.2) is 0 Å². The highest BCUT2D eigenvalue weighted by atomic mass is 16.5. The number of nitrogens with one attached hydrogen (secondary N) is 1. The van der Waals surface area contributed by atoms with E-state index in [4.69, 9.17) is 4.74 Å². The van der Waals surface area contributed by atoms with E-state index in [1.54, 1.807) is 6.92 Å². The summed E-state index contributed by atoms with van der Waals surface area (Å²) < 4.78 is 4.74. The van der Waals surface area contributed by atoms with Crippen molar-refractivity contribution in [2.75, 3.05) is 6.61 Å². The number of hydrogen-bond acceptors (Lipinski definition) is 4. The summed E-state index contributed by atoms with van der Waals surface area (Å²) in [6.07, 6.45) is 2.15. The Kier molecular flexibility index (Phi) is 4.22. The Morgan fingerprint density at radius 1 is 1.56 bits per heavy atom. The van der Waals surface area contributed by atoms with E-state index in [-0.39, 0.29) is 18.1 Å². The first-order valence-electron chi connectivity index (χ1n) is 5.36. The molecule has 0 saturated heterocycles. The minimum Gasteiger partial charge on any atom is -0.462 e. The van der Waals surface area contributed by atoms with Crippen molar-refractivity contribution in [3.05, 3.63) is 27.9 Å². The maximum Gasteiger partial charge on any atom is 0.345 e. The molecule has 1 rings (SSSR count). The Balaban J connectivity index is 3.00. The van der Waals surface area contributed by atoms with Crippen molar-refractivity contribution in [2.24, 2.45) is 0 Å². The van der Waals surface area contributed by atoms with Crippen molar-refractivity contribution in [1.82, 2.24) is 9.97 Å². The van der Waals surface area contributed by atoms with Crippen LogP contribution in [0.5, 0.6) is 0 Å². The summed E-state index contributed by atoms with van der Waals surface area (Å²) in [5.41, 5.74) is -0.488. The Morgan fingerprint density at radius 2 is 2.25 bits per heavy atom. The van der Waals surface area contributed by atoms with Gasteiger partial charge < -0.3 is 9.72 Å². The molecule has 16 heavy (non-hydrogen) atoms. The number of rotatable bonds is 4. The van der Waals surface area contributed by atoms with Gasteiger partial charge in [-0.05, 0) is 13.3 Å². The summed E-state index contributed by atoms with van der Waals surface area (Å²) in [4.78, 5) is 29.6. The lowest BCUT2D eigenvalue weighted by molar-refractivity contribution is 0.0523. The van der Waals surface area contributed by atoms with Crippen LogP contribution < -0.4 is 5.56 Å². The maximum absolute atomic E-state index is 11.6. The molecule has 0 aromatic carbocycles. The Morgan fingerprint density at radius 3 is 2.75 bits per heavy atom. The van der Waals surface area contributed by atoms with E-state index in [0.29, 0.717) is 5.82 Å². The van der Waals surface area contributed by atoms with Crippen LogP contribution in [0.2, 0.25) is 0 Å².